The zero-order valence-corrected chi connectivity index (χ0v) is 17.6. The molecule has 0 spiro atoms. The molecule has 0 bridgehead atoms. The highest BCUT2D eigenvalue weighted by Gasteiger charge is 2.31. The number of carbonyl (C=O) groups excluding carboxylic acids is 1. The molecule has 1 aliphatic rings. The standard InChI is InChI=1S/C23H21F3N4O3/c1-14-12-30(13-20(14)31)21-19(15-3-2-8-27-10-15)9-16(11-28-21)22(32)29-17-4-6-18(7-5-17)33-23(24,25)26/h2-11,14,20,31H,12-13H2,1H3,(H,29,32)/t14-,20-/m0/s1. The van der Waals surface area contributed by atoms with Crippen molar-refractivity contribution < 1.29 is 27.8 Å². The normalized spacial score (nSPS) is 18.3. The summed E-state index contributed by atoms with van der Waals surface area (Å²) in [6.07, 6.45) is -0.523. The number of hydrogen-bond acceptors (Lipinski definition) is 6. The van der Waals surface area contributed by atoms with Crippen molar-refractivity contribution in [3.05, 3.63) is 66.6 Å². The van der Waals surface area contributed by atoms with Gasteiger partial charge in [-0.25, -0.2) is 4.98 Å². The van der Waals surface area contributed by atoms with Crippen molar-refractivity contribution in [2.75, 3.05) is 23.3 Å². The van der Waals surface area contributed by atoms with Gasteiger partial charge in [-0.2, -0.15) is 0 Å². The lowest BCUT2D eigenvalue weighted by Crippen LogP contribution is -2.23. The van der Waals surface area contributed by atoms with E-state index in [-0.39, 0.29) is 17.2 Å². The predicted molar refractivity (Wildman–Crippen MR) is 116 cm³/mol. The van der Waals surface area contributed by atoms with E-state index >= 15 is 0 Å². The number of benzene rings is 1. The van der Waals surface area contributed by atoms with E-state index in [1.54, 1.807) is 24.5 Å². The van der Waals surface area contributed by atoms with Crippen molar-refractivity contribution >= 4 is 17.4 Å². The molecule has 2 atom stereocenters. The Morgan fingerprint density at radius 2 is 1.94 bits per heavy atom. The highest BCUT2D eigenvalue weighted by Crippen LogP contribution is 2.33. The summed E-state index contributed by atoms with van der Waals surface area (Å²) in [5.41, 5.74) is 2.02. The lowest BCUT2D eigenvalue weighted by molar-refractivity contribution is -0.274. The number of ether oxygens (including phenoxy) is 1. The van der Waals surface area contributed by atoms with Crippen molar-refractivity contribution in [1.82, 2.24) is 9.97 Å². The van der Waals surface area contributed by atoms with Gasteiger partial charge in [-0.05, 0) is 36.4 Å². The lowest BCUT2D eigenvalue weighted by atomic mass is 10.1. The van der Waals surface area contributed by atoms with E-state index in [0.29, 0.717) is 30.2 Å². The predicted octanol–water partition coefficient (Wildman–Crippen LogP) is 4.11. The summed E-state index contributed by atoms with van der Waals surface area (Å²) < 4.78 is 40.8. The second-order valence-corrected chi connectivity index (χ2v) is 7.81. The molecule has 1 fully saturated rings. The minimum atomic E-state index is -4.79. The van der Waals surface area contributed by atoms with Gasteiger partial charge in [0.25, 0.3) is 5.91 Å². The maximum atomic E-state index is 12.8. The minimum absolute atomic E-state index is 0.0841. The molecule has 33 heavy (non-hydrogen) atoms. The average Bonchev–Trinajstić information content (AvgIpc) is 3.12. The summed E-state index contributed by atoms with van der Waals surface area (Å²) >= 11 is 0. The molecule has 0 aliphatic carbocycles. The Balaban J connectivity index is 1.58. The molecule has 7 nitrogen and oxygen atoms in total. The van der Waals surface area contributed by atoms with Crippen LogP contribution >= 0.6 is 0 Å². The number of aromatic nitrogens is 2. The largest absolute Gasteiger partial charge is 0.573 e. The number of aliphatic hydroxyl groups is 1. The molecule has 0 radical (unpaired) electrons. The van der Waals surface area contributed by atoms with Gasteiger partial charge in [-0.3, -0.25) is 9.78 Å². The Hall–Kier alpha value is -3.66. The van der Waals surface area contributed by atoms with Crippen molar-refractivity contribution in [2.24, 2.45) is 5.92 Å². The van der Waals surface area contributed by atoms with Gasteiger partial charge in [0.05, 0.1) is 11.7 Å². The van der Waals surface area contributed by atoms with E-state index in [1.807, 2.05) is 17.9 Å². The first-order valence-corrected chi connectivity index (χ1v) is 10.2. The fourth-order valence-corrected chi connectivity index (χ4v) is 3.63. The molecular weight excluding hydrogens is 437 g/mol. The summed E-state index contributed by atoms with van der Waals surface area (Å²) in [5, 5.41) is 12.8. The van der Waals surface area contributed by atoms with Gasteiger partial charge in [-0.15, -0.1) is 13.2 Å². The van der Waals surface area contributed by atoms with Crippen LogP contribution in [-0.2, 0) is 0 Å². The molecule has 0 unspecified atom stereocenters. The quantitative estimate of drug-likeness (QED) is 0.598. The summed E-state index contributed by atoms with van der Waals surface area (Å²) in [6, 6.07) is 10.2. The third-order valence-electron chi connectivity index (χ3n) is 5.32. The Bertz CT molecular complexity index is 1110. The van der Waals surface area contributed by atoms with Gasteiger partial charge in [0.1, 0.15) is 11.6 Å². The first-order valence-electron chi connectivity index (χ1n) is 10.2. The smallest absolute Gasteiger partial charge is 0.406 e. The molecule has 1 saturated heterocycles. The number of halogens is 3. The first-order chi connectivity index (χ1) is 15.7. The van der Waals surface area contributed by atoms with Gasteiger partial charge >= 0.3 is 6.36 Å². The molecule has 172 valence electrons. The highest BCUT2D eigenvalue weighted by molar-refractivity contribution is 6.05. The molecule has 2 aromatic heterocycles. The molecule has 1 aliphatic heterocycles. The number of nitrogens with one attached hydrogen (secondary N) is 1. The van der Waals surface area contributed by atoms with Crippen molar-refractivity contribution in [3.63, 3.8) is 0 Å². The number of alkyl halides is 3. The fraction of sp³-hybridized carbons (Fsp3) is 0.261. The van der Waals surface area contributed by atoms with E-state index in [0.717, 1.165) is 17.7 Å². The van der Waals surface area contributed by atoms with Crippen LogP contribution in [0.15, 0.2) is 61.1 Å². The summed E-state index contributed by atoms with van der Waals surface area (Å²) in [7, 11) is 0. The number of β-amino-alcohol motifs (C(OH)–C–C–N with tert-alkyl or cyclic N) is 1. The number of nitrogens with zero attached hydrogens (tertiary/aromatic N) is 3. The van der Waals surface area contributed by atoms with Crippen molar-refractivity contribution in [1.29, 1.82) is 0 Å². The average molecular weight is 458 g/mol. The van der Waals surface area contributed by atoms with Crippen LogP contribution in [0.4, 0.5) is 24.7 Å². The van der Waals surface area contributed by atoms with Gasteiger partial charge in [0.15, 0.2) is 0 Å². The number of rotatable bonds is 5. The number of hydrogen-bond donors (Lipinski definition) is 2. The van der Waals surface area contributed by atoms with Gasteiger partial charge in [0.2, 0.25) is 0 Å². The maximum absolute atomic E-state index is 12.8. The Morgan fingerprint density at radius 3 is 2.55 bits per heavy atom. The number of anilines is 2. The second kappa shape index (κ2) is 9.07. The molecule has 0 saturated carbocycles. The molecule has 2 N–H and O–H groups in total. The summed E-state index contributed by atoms with van der Waals surface area (Å²) in [6.45, 7) is 3.01. The SMILES string of the molecule is C[C@H]1CN(c2ncc(C(=O)Nc3ccc(OC(F)(F)F)cc3)cc2-c2cccnc2)C[C@@H]1O. The molecule has 3 heterocycles. The third-order valence-corrected chi connectivity index (χ3v) is 5.32. The van der Waals surface area contributed by atoms with E-state index < -0.39 is 18.4 Å². The van der Waals surface area contributed by atoms with Crippen LogP contribution in [0.25, 0.3) is 11.1 Å². The fourth-order valence-electron chi connectivity index (χ4n) is 3.63. The van der Waals surface area contributed by atoms with E-state index in [2.05, 4.69) is 20.0 Å². The van der Waals surface area contributed by atoms with Gasteiger partial charge in [0, 0.05) is 54.4 Å². The van der Waals surface area contributed by atoms with Crippen LogP contribution in [0.5, 0.6) is 5.75 Å². The van der Waals surface area contributed by atoms with Crippen LogP contribution in [0, 0.1) is 5.92 Å². The molecule has 10 heteroatoms. The zero-order chi connectivity index (χ0) is 23.6. The number of amides is 1. The van der Waals surface area contributed by atoms with Gasteiger partial charge < -0.3 is 20.1 Å². The van der Waals surface area contributed by atoms with Gasteiger partial charge in [-0.1, -0.05) is 13.0 Å². The molecule has 1 amide bonds. The van der Waals surface area contributed by atoms with Crippen molar-refractivity contribution in [2.45, 2.75) is 19.4 Å². The minimum Gasteiger partial charge on any atom is -0.406 e. The zero-order valence-electron chi connectivity index (χ0n) is 17.6. The third kappa shape index (κ3) is 5.40. The van der Waals surface area contributed by atoms with E-state index in [1.165, 1.54) is 18.3 Å². The van der Waals surface area contributed by atoms with Crippen molar-refractivity contribution in [3.8, 4) is 16.9 Å². The Labute approximate surface area is 187 Å². The second-order valence-electron chi connectivity index (χ2n) is 7.81. The van der Waals surface area contributed by atoms with E-state index in [4.69, 9.17) is 0 Å². The molecule has 3 aromatic rings. The van der Waals surface area contributed by atoms with Crippen LogP contribution in [-0.4, -0.2) is 46.5 Å². The number of carbonyl (C=O) groups is 1. The first kappa shape index (κ1) is 22.5. The Morgan fingerprint density at radius 1 is 1.18 bits per heavy atom. The lowest BCUT2D eigenvalue weighted by Gasteiger charge is -2.21. The monoisotopic (exact) mass is 458 g/mol. The van der Waals surface area contributed by atoms with Crippen LogP contribution in [0.2, 0.25) is 0 Å². The topological polar surface area (TPSA) is 87.6 Å². The van der Waals surface area contributed by atoms with E-state index in [9.17, 15) is 23.1 Å². The molecule has 1 aromatic carbocycles. The Kier molecular flexibility index (Phi) is 6.19. The number of pyridine rings is 2. The summed E-state index contributed by atoms with van der Waals surface area (Å²) in [4.78, 5) is 23.4. The van der Waals surface area contributed by atoms with Crippen LogP contribution < -0.4 is 15.0 Å². The van der Waals surface area contributed by atoms with Crippen LogP contribution in [0.3, 0.4) is 0 Å². The maximum Gasteiger partial charge on any atom is 0.573 e. The number of aliphatic hydroxyl groups excluding tert-OH is 1. The molecular formula is C23H21F3N4O3. The summed E-state index contributed by atoms with van der Waals surface area (Å²) in [5.74, 6) is -0.136. The van der Waals surface area contributed by atoms with Crippen LogP contribution in [0.1, 0.15) is 17.3 Å². The molecule has 4 rings (SSSR count). The highest BCUT2D eigenvalue weighted by atomic mass is 19.4.